The van der Waals surface area contributed by atoms with E-state index < -0.39 is 0 Å². The first-order valence-electron chi connectivity index (χ1n) is 4.72. The SMILES string of the molecule is CNCCCCCc1ccc(Br)s1. The van der Waals surface area contributed by atoms with Crippen LogP contribution in [0, 0.1) is 0 Å². The first-order chi connectivity index (χ1) is 6.33. The fourth-order valence-corrected chi connectivity index (χ4v) is 2.79. The Balaban J connectivity index is 2.06. The molecule has 0 saturated heterocycles. The third-order valence-electron chi connectivity index (χ3n) is 1.98. The zero-order valence-electron chi connectivity index (χ0n) is 7.98. The lowest BCUT2D eigenvalue weighted by Gasteiger charge is -1.98. The summed E-state index contributed by atoms with van der Waals surface area (Å²) in [5, 5.41) is 3.17. The standard InChI is InChI=1S/C10H16BrNS/c1-12-8-4-2-3-5-9-6-7-10(11)13-9/h6-7,12H,2-5,8H2,1H3. The summed E-state index contributed by atoms with van der Waals surface area (Å²) in [6.07, 6.45) is 5.17. The largest absolute Gasteiger partial charge is 0.320 e. The molecule has 74 valence electrons. The minimum Gasteiger partial charge on any atom is -0.320 e. The number of thiophene rings is 1. The molecule has 0 aromatic carbocycles. The Labute approximate surface area is 92.7 Å². The van der Waals surface area contributed by atoms with Crippen LogP contribution in [-0.4, -0.2) is 13.6 Å². The normalized spacial score (nSPS) is 10.6. The van der Waals surface area contributed by atoms with Crippen LogP contribution in [-0.2, 0) is 6.42 Å². The van der Waals surface area contributed by atoms with Crippen molar-refractivity contribution in [3.63, 3.8) is 0 Å². The van der Waals surface area contributed by atoms with Gasteiger partial charge in [-0.3, -0.25) is 0 Å². The van der Waals surface area contributed by atoms with E-state index in [0.29, 0.717) is 0 Å². The second-order valence-electron chi connectivity index (χ2n) is 3.12. The van der Waals surface area contributed by atoms with Crippen LogP contribution in [0.25, 0.3) is 0 Å². The summed E-state index contributed by atoms with van der Waals surface area (Å²) in [6.45, 7) is 1.15. The quantitative estimate of drug-likeness (QED) is 0.774. The molecule has 0 saturated carbocycles. The van der Waals surface area contributed by atoms with E-state index in [2.05, 4.69) is 33.4 Å². The Bertz CT molecular complexity index is 235. The molecule has 0 unspecified atom stereocenters. The zero-order valence-corrected chi connectivity index (χ0v) is 10.4. The molecule has 0 aliphatic carbocycles. The molecule has 1 nitrogen and oxygen atoms in total. The van der Waals surface area contributed by atoms with Crippen molar-refractivity contribution in [3.05, 3.63) is 20.8 Å². The van der Waals surface area contributed by atoms with Gasteiger partial charge in [0.1, 0.15) is 0 Å². The molecule has 0 bridgehead atoms. The molecule has 0 spiro atoms. The zero-order chi connectivity index (χ0) is 9.52. The van der Waals surface area contributed by atoms with E-state index in [0.717, 1.165) is 6.54 Å². The van der Waals surface area contributed by atoms with Crippen LogP contribution >= 0.6 is 27.3 Å². The van der Waals surface area contributed by atoms with Gasteiger partial charge in [0.15, 0.2) is 0 Å². The minimum atomic E-state index is 1.15. The highest BCUT2D eigenvalue weighted by Gasteiger charge is 1.96. The number of hydrogen-bond donors (Lipinski definition) is 1. The predicted molar refractivity (Wildman–Crippen MR) is 63.5 cm³/mol. The van der Waals surface area contributed by atoms with Gasteiger partial charge in [-0.25, -0.2) is 0 Å². The number of aryl methyl sites for hydroxylation is 1. The summed E-state index contributed by atoms with van der Waals surface area (Å²) in [4.78, 5) is 1.50. The third-order valence-corrected chi connectivity index (χ3v) is 3.66. The molecule has 1 rings (SSSR count). The first kappa shape index (κ1) is 11.2. The van der Waals surface area contributed by atoms with Crippen molar-refractivity contribution in [1.29, 1.82) is 0 Å². The second-order valence-corrected chi connectivity index (χ2v) is 5.67. The molecule has 0 atom stereocenters. The summed E-state index contributed by atoms with van der Waals surface area (Å²) in [5.74, 6) is 0. The third kappa shape index (κ3) is 4.79. The van der Waals surface area contributed by atoms with E-state index in [-0.39, 0.29) is 0 Å². The number of nitrogens with one attached hydrogen (secondary N) is 1. The van der Waals surface area contributed by atoms with Gasteiger partial charge in [0.05, 0.1) is 3.79 Å². The maximum Gasteiger partial charge on any atom is 0.0701 e. The molecule has 1 aromatic heterocycles. The molecule has 1 heterocycles. The predicted octanol–water partition coefficient (Wildman–Crippen LogP) is 3.44. The Morgan fingerprint density at radius 3 is 2.77 bits per heavy atom. The van der Waals surface area contributed by atoms with Gasteiger partial charge in [-0.15, -0.1) is 11.3 Å². The van der Waals surface area contributed by atoms with Crippen LogP contribution in [0.2, 0.25) is 0 Å². The number of halogens is 1. The van der Waals surface area contributed by atoms with E-state index in [1.807, 2.05) is 18.4 Å². The van der Waals surface area contributed by atoms with Gasteiger partial charge in [-0.1, -0.05) is 6.42 Å². The molecular formula is C10H16BrNS. The van der Waals surface area contributed by atoms with Gasteiger partial charge in [-0.05, 0) is 60.9 Å². The van der Waals surface area contributed by atoms with E-state index >= 15 is 0 Å². The first-order valence-corrected chi connectivity index (χ1v) is 6.32. The highest BCUT2D eigenvalue weighted by Crippen LogP contribution is 2.23. The topological polar surface area (TPSA) is 12.0 Å². The van der Waals surface area contributed by atoms with Crippen LogP contribution in [0.4, 0.5) is 0 Å². The lowest BCUT2D eigenvalue weighted by molar-refractivity contribution is 0.645. The highest BCUT2D eigenvalue weighted by molar-refractivity contribution is 9.11. The summed E-state index contributed by atoms with van der Waals surface area (Å²) in [7, 11) is 2.01. The molecule has 0 aliphatic rings. The van der Waals surface area contributed by atoms with Crippen LogP contribution in [0.1, 0.15) is 24.1 Å². The monoisotopic (exact) mass is 261 g/mol. The van der Waals surface area contributed by atoms with Crippen LogP contribution < -0.4 is 5.32 Å². The van der Waals surface area contributed by atoms with E-state index in [4.69, 9.17) is 0 Å². The molecule has 13 heavy (non-hydrogen) atoms. The lowest BCUT2D eigenvalue weighted by atomic mass is 10.2. The maximum atomic E-state index is 3.47. The van der Waals surface area contributed by atoms with Crippen LogP contribution in [0.5, 0.6) is 0 Å². The van der Waals surface area contributed by atoms with Crippen molar-refractivity contribution in [2.24, 2.45) is 0 Å². The highest BCUT2D eigenvalue weighted by atomic mass is 79.9. The second kappa shape index (κ2) is 6.57. The van der Waals surface area contributed by atoms with Gasteiger partial charge >= 0.3 is 0 Å². The van der Waals surface area contributed by atoms with Crippen LogP contribution in [0.3, 0.4) is 0 Å². The lowest BCUT2D eigenvalue weighted by Crippen LogP contribution is -2.06. The fourth-order valence-electron chi connectivity index (χ4n) is 1.26. The van der Waals surface area contributed by atoms with E-state index in [9.17, 15) is 0 Å². The van der Waals surface area contributed by atoms with Crippen LogP contribution in [0.15, 0.2) is 15.9 Å². The Morgan fingerprint density at radius 1 is 1.31 bits per heavy atom. The van der Waals surface area contributed by atoms with E-state index in [1.54, 1.807) is 0 Å². The van der Waals surface area contributed by atoms with E-state index in [1.165, 1.54) is 34.3 Å². The van der Waals surface area contributed by atoms with Gasteiger partial charge in [-0.2, -0.15) is 0 Å². The molecule has 0 radical (unpaired) electrons. The van der Waals surface area contributed by atoms with Crippen molar-refractivity contribution < 1.29 is 0 Å². The van der Waals surface area contributed by atoms with Crippen molar-refractivity contribution in [2.45, 2.75) is 25.7 Å². The molecule has 1 aromatic rings. The summed E-state index contributed by atoms with van der Waals surface area (Å²) in [6, 6.07) is 4.35. The smallest absolute Gasteiger partial charge is 0.0701 e. The van der Waals surface area contributed by atoms with Gasteiger partial charge in [0.2, 0.25) is 0 Å². The van der Waals surface area contributed by atoms with Crippen molar-refractivity contribution in [3.8, 4) is 0 Å². The molecule has 0 fully saturated rings. The maximum absolute atomic E-state index is 3.47. The average molecular weight is 262 g/mol. The van der Waals surface area contributed by atoms with Crippen molar-refractivity contribution in [1.82, 2.24) is 5.32 Å². The fraction of sp³-hybridized carbons (Fsp3) is 0.600. The molecule has 1 N–H and O–H groups in total. The molecule has 3 heteroatoms. The Hall–Kier alpha value is 0.140. The molecule has 0 amide bonds. The summed E-state index contributed by atoms with van der Waals surface area (Å²) >= 11 is 5.33. The summed E-state index contributed by atoms with van der Waals surface area (Å²) in [5.41, 5.74) is 0. The number of hydrogen-bond acceptors (Lipinski definition) is 2. The number of unbranched alkanes of at least 4 members (excludes halogenated alkanes) is 2. The molecular weight excluding hydrogens is 246 g/mol. The Kier molecular flexibility index (Phi) is 5.67. The number of rotatable bonds is 6. The Morgan fingerprint density at radius 2 is 2.15 bits per heavy atom. The summed E-state index contributed by atoms with van der Waals surface area (Å²) < 4.78 is 1.25. The van der Waals surface area contributed by atoms with Gasteiger partial charge < -0.3 is 5.32 Å². The average Bonchev–Trinajstić information content (AvgIpc) is 2.51. The minimum absolute atomic E-state index is 1.15. The molecule has 0 aliphatic heterocycles. The van der Waals surface area contributed by atoms with Crippen molar-refractivity contribution >= 4 is 27.3 Å². The van der Waals surface area contributed by atoms with Crippen molar-refractivity contribution in [2.75, 3.05) is 13.6 Å². The van der Waals surface area contributed by atoms with Gasteiger partial charge in [0, 0.05) is 4.88 Å². The van der Waals surface area contributed by atoms with Gasteiger partial charge in [0.25, 0.3) is 0 Å².